The number of unbranched alkanes of at least 4 members (excludes halogenated alkanes) is 3. The first-order chi connectivity index (χ1) is 7.18. The van der Waals surface area contributed by atoms with E-state index in [1.54, 1.807) is 6.92 Å². The average Bonchev–Trinajstić information content (AvgIpc) is 2.21. The van der Waals surface area contributed by atoms with Crippen molar-refractivity contribution in [1.82, 2.24) is 0 Å². The Kier molecular flexibility index (Phi) is 9.33. The van der Waals surface area contributed by atoms with E-state index in [1.165, 1.54) is 0 Å². The van der Waals surface area contributed by atoms with Crippen molar-refractivity contribution in [3.63, 3.8) is 0 Å². The van der Waals surface area contributed by atoms with Crippen molar-refractivity contribution in [2.75, 3.05) is 13.2 Å². The number of carbonyl (C=O) groups is 1. The number of hydrogen-bond donors (Lipinski definition) is 0. The van der Waals surface area contributed by atoms with Crippen molar-refractivity contribution in [2.24, 2.45) is 0 Å². The third-order valence-corrected chi connectivity index (χ3v) is 2.10. The second-order valence-electron chi connectivity index (χ2n) is 3.26. The van der Waals surface area contributed by atoms with E-state index in [9.17, 15) is 9.36 Å². The first-order valence-electron chi connectivity index (χ1n) is 5.00. The summed E-state index contributed by atoms with van der Waals surface area (Å²) in [7, 11) is -0.665. The Hall–Kier alpha value is -0.730. The van der Waals surface area contributed by atoms with Gasteiger partial charge in [0.05, 0.1) is 6.61 Å². The summed E-state index contributed by atoms with van der Waals surface area (Å²) in [6.45, 7) is 6.09. The lowest BCUT2D eigenvalue weighted by Crippen LogP contribution is -2.06. The third-order valence-electron chi connectivity index (χ3n) is 1.78. The van der Waals surface area contributed by atoms with Gasteiger partial charge in [-0.25, -0.2) is 4.79 Å². The molecule has 0 spiro atoms. The maximum atomic E-state index is 10.9. The Bertz CT molecular complexity index is 215. The number of hydrogen-bond acceptors (Lipinski definition) is 4. The van der Waals surface area contributed by atoms with Gasteiger partial charge in [0.2, 0.25) is 0 Å². The highest BCUT2D eigenvalue weighted by Crippen LogP contribution is 2.04. The zero-order valence-electron chi connectivity index (χ0n) is 9.08. The predicted molar refractivity (Wildman–Crippen MR) is 59.2 cm³/mol. The standard InChI is InChI=1S/C10H18O4P/c1-9(2)10(11)13-7-5-3-4-6-8-14-15-12/h15H,1,3-8H2,2H3/q+1. The van der Waals surface area contributed by atoms with Crippen LogP contribution in [0.5, 0.6) is 0 Å². The van der Waals surface area contributed by atoms with Crippen molar-refractivity contribution in [1.29, 1.82) is 0 Å². The van der Waals surface area contributed by atoms with Crippen LogP contribution in [0.15, 0.2) is 12.2 Å². The van der Waals surface area contributed by atoms with Gasteiger partial charge in [-0.1, -0.05) is 13.0 Å². The van der Waals surface area contributed by atoms with E-state index in [2.05, 4.69) is 11.1 Å². The second-order valence-corrected chi connectivity index (χ2v) is 3.72. The van der Waals surface area contributed by atoms with Gasteiger partial charge in [0.15, 0.2) is 0 Å². The van der Waals surface area contributed by atoms with E-state index in [0.717, 1.165) is 25.7 Å². The molecule has 0 aliphatic rings. The summed E-state index contributed by atoms with van der Waals surface area (Å²) in [5.74, 6) is -0.328. The maximum Gasteiger partial charge on any atom is 0.494 e. The summed E-state index contributed by atoms with van der Waals surface area (Å²) in [5, 5.41) is 0. The molecule has 86 valence electrons. The molecule has 1 atom stereocenters. The smallest absolute Gasteiger partial charge is 0.462 e. The fourth-order valence-corrected chi connectivity index (χ4v) is 1.19. The Morgan fingerprint density at radius 1 is 1.20 bits per heavy atom. The molecule has 0 N–H and O–H groups in total. The van der Waals surface area contributed by atoms with E-state index in [-0.39, 0.29) is 5.97 Å². The Balaban J connectivity index is 3.14. The van der Waals surface area contributed by atoms with Crippen molar-refractivity contribution >= 4 is 14.7 Å². The van der Waals surface area contributed by atoms with Gasteiger partial charge >= 0.3 is 14.7 Å². The van der Waals surface area contributed by atoms with Gasteiger partial charge in [0.25, 0.3) is 0 Å². The number of carbonyl (C=O) groups excluding carboxylic acids is 1. The highest BCUT2D eigenvalue weighted by molar-refractivity contribution is 7.17. The van der Waals surface area contributed by atoms with Gasteiger partial charge in [-0.3, -0.25) is 0 Å². The fourth-order valence-electron chi connectivity index (χ4n) is 0.960. The summed E-state index contributed by atoms with van der Waals surface area (Å²) in [6.07, 6.45) is 3.71. The largest absolute Gasteiger partial charge is 0.494 e. The van der Waals surface area contributed by atoms with E-state index >= 15 is 0 Å². The van der Waals surface area contributed by atoms with Crippen LogP contribution >= 0.6 is 8.69 Å². The van der Waals surface area contributed by atoms with Crippen molar-refractivity contribution < 1.29 is 18.6 Å². The zero-order chi connectivity index (χ0) is 11.5. The van der Waals surface area contributed by atoms with Crippen molar-refractivity contribution in [2.45, 2.75) is 32.6 Å². The second kappa shape index (κ2) is 9.81. The van der Waals surface area contributed by atoms with Crippen LogP contribution in [0.3, 0.4) is 0 Å². The Labute approximate surface area is 91.9 Å². The summed E-state index contributed by atoms with van der Waals surface area (Å²) in [5.41, 5.74) is 0.430. The Morgan fingerprint density at radius 3 is 2.33 bits per heavy atom. The molecule has 15 heavy (non-hydrogen) atoms. The first-order valence-corrected chi connectivity index (χ1v) is 5.81. The summed E-state index contributed by atoms with van der Waals surface area (Å²) < 4.78 is 19.5. The van der Waals surface area contributed by atoms with Gasteiger partial charge in [-0.15, -0.1) is 4.52 Å². The quantitative estimate of drug-likeness (QED) is 0.266. The molecule has 1 unspecified atom stereocenters. The summed E-state index contributed by atoms with van der Waals surface area (Å²) in [6, 6.07) is 0. The number of esters is 1. The molecule has 0 fully saturated rings. The van der Waals surface area contributed by atoms with Crippen LogP contribution in [-0.2, 0) is 18.6 Å². The van der Waals surface area contributed by atoms with Crippen LogP contribution in [-0.4, -0.2) is 19.2 Å². The van der Waals surface area contributed by atoms with Crippen LogP contribution in [0.1, 0.15) is 32.6 Å². The van der Waals surface area contributed by atoms with E-state index in [0.29, 0.717) is 18.8 Å². The van der Waals surface area contributed by atoms with E-state index in [1.807, 2.05) is 0 Å². The molecule has 0 rings (SSSR count). The predicted octanol–water partition coefficient (Wildman–Crippen LogP) is 2.62. The lowest BCUT2D eigenvalue weighted by Gasteiger charge is -2.03. The van der Waals surface area contributed by atoms with Gasteiger partial charge < -0.3 is 4.74 Å². The normalized spacial score (nSPS) is 10.2. The van der Waals surface area contributed by atoms with Gasteiger partial charge in [-0.05, 0) is 30.8 Å². The molecule has 0 heterocycles. The average molecular weight is 233 g/mol. The van der Waals surface area contributed by atoms with Gasteiger partial charge in [0, 0.05) is 5.57 Å². The van der Waals surface area contributed by atoms with Gasteiger partial charge in [-0.2, -0.15) is 0 Å². The van der Waals surface area contributed by atoms with Crippen molar-refractivity contribution in [3.05, 3.63) is 12.2 Å². The summed E-state index contributed by atoms with van der Waals surface area (Å²) in [4.78, 5) is 10.9. The molecular weight excluding hydrogens is 215 g/mol. The third kappa shape index (κ3) is 9.57. The van der Waals surface area contributed by atoms with Crippen molar-refractivity contribution in [3.8, 4) is 0 Å². The molecule has 5 heteroatoms. The fraction of sp³-hybridized carbons (Fsp3) is 0.700. The molecule has 0 aliphatic carbocycles. The molecule has 4 nitrogen and oxygen atoms in total. The molecule has 0 aromatic heterocycles. The molecule has 0 radical (unpaired) electrons. The maximum absolute atomic E-state index is 10.9. The molecule has 0 saturated carbocycles. The summed E-state index contributed by atoms with van der Waals surface area (Å²) >= 11 is 0. The topological polar surface area (TPSA) is 52.6 Å². The van der Waals surface area contributed by atoms with Gasteiger partial charge in [0.1, 0.15) is 6.61 Å². The molecule has 0 aromatic carbocycles. The first kappa shape index (κ1) is 14.3. The monoisotopic (exact) mass is 233 g/mol. The van der Waals surface area contributed by atoms with Crippen LogP contribution in [0.4, 0.5) is 0 Å². The zero-order valence-corrected chi connectivity index (χ0v) is 10.1. The van der Waals surface area contributed by atoms with E-state index in [4.69, 9.17) is 4.74 Å². The van der Waals surface area contributed by atoms with E-state index < -0.39 is 8.69 Å². The van der Waals surface area contributed by atoms with Crippen LogP contribution < -0.4 is 0 Å². The number of rotatable bonds is 9. The minimum absolute atomic E-state index is 0.328. The highest BCUT2D eigenvalue weighted by Gasteiger charge is 2.01. The number of ether oxygens (including phenoxy) is 1. The molecule has 0 bridgehead atoms. The lowest BCUT2D eigenvalue weighted by atomic mass is 10.2. The Morgan fingerprint density at radius 2 is 1.80 bits per heavy atom. The minimum atomic E-state index is -0.665. The van der Waals surface area contributed by atoms with Crippen LogP contribution in [0, 0.1) is 0 Å². The van der Waals surface area contributed by atoms with Crippen LogP contribution in [0.25, 0.3) is 0 Å². The minimum Gasteiger partial charge on any atom is -0.462 e. The molecule has 0 amide bonds. The SMILES string of the molecule is C=C(C)C(=O)OCCCCCCO[PH+]=O. The lowest BCUT2D eigenvalue weighted by molar-refractivity contribution is -0.139. The molecule has 0 aromatic rings. The molecular formula is C10H18O4P+. The molecule has 0 aliphatic heterocycles. The highest BCUT2D eigenvalue weighted by atomic mass is 31.1. The molecule has 0 saturated heterocycles. The van der Waals surface area contributed by atoms with Crippen LogP contribution in [0.2, 0.25) is 0 Å².